The maximum atomic E-state index is 14.3. The first-order chi connectivity index (χ1) is 14.8. The Morgan fingerprint density at radius 2 is 1.65 bits per heavy atom. The molecular weight excluding hydrogens is 395 g/mol. The van der Waals surface area contributed by atoms with Gasteiger partial charge in [-0.25, -0.2) is 4.39 Å². The number of anilines is 2. The topological polar surface area (TPSA) is 86.9 Å². The van der Waals surface area contributed by atoms with E-state index in [-0.39, 0.29) is 17.3 Å². The summed E-state index contributed by atoms with van der Waals surface area (Å²) in [5.41, 5.74) is 3.54. The predicted molar refractivity (Wildman–Crippen MR) is 118 cm³/mol. The zero-order valence-corrected chi connectivity index (χ0v) is 17.4. The van der Waals surface area contributed by atoms with Crippen LogP contribution in [-0.4, -0.2) is 16.4 Å². The van der Waals surface area contributed by atoms with E-state index in [2.05, 4.69) is 10.6 Å². The lowest BCUT2D eigenvalue weighted by molar-refractivity contribution is -0.114. The van der Waals surface area contributed by atoms with Crippen molar-refractivity contribution in [2.75, 3.05) is 10.6 Å². The van der Waals surface area contributed by atoms with Gasteiger partial charge < -0.3 is 15.2 Å². The number of aromatic nitrogens is 1. The lowest BCUT2D eigenvalue weighted by Gasteiger charge is -2.10. The van der Waals surface area contributed by atoms with Crippen LogP contribution in [0.5, 0.6) is 0 Å². The van der Waals surface area contributed by atoms with Crippen LogP contribution in [0.2, 0.25) is 0 Å². The molecule has 0 saturated carbocycles. The Bertz CT molecular complexity index is 1220. The molecule has 0 aliphatic rings. The minimum Gasteiger partial charge on any atom is -0.326 e. The Hall–Kier alpha value is -4.18. The lowest BCUT2D eigenvalue weighted by Crippen LogP contribution is -2.13. The van der Waals surface area contributed by atoms with Gasteiger partial charge in [0.1, 0.15) is 17.5 Å². The first-order valence-electron chi connectivity index (χ1n) is 9.55. The Kier molecular flexibility index (Phi) is 6.32. The largest absolute Gasteiger partial charge is 0.326 e. The molecule has 0 saturated heterocycles. The molecule has 6 nitrogen and oxygen atoms in total. The van der Waals surface area contributed by atoms with Crippen LogP contribution in [0, 0.1) is 31.0 Å². The number of hydrogen-bond donors (Lipinski definition) is 2. The van der Waals surface area contributed by atoms with E-state index < -0.39 is 5.91 Å². The van der Waals surface area contributed by atoms with E-state index in [1.807, 2.05) is 13.0 Å². The highest BCUT2D eigenvalue weighted by atomic mass is 19.1. The zero-order valence-electron chi connectivity index (χ0n) is 17.4. The number of nitriles is 1. The molecule has 0 aliphatic heterocycles. The molecule has 0 unspecified atom stereocenters. The highest BCUT2D eigenvalue weighted by Gasteiger charge is 2.15. The molecule has 0 aliphatic carbocycles. The molecule has 3 rings (SSSR count). The molecule has 0 spiro atoms. The minimum atomic E-state index is -0.564. The summed E-state index contributed by atoms with van der Waals surface area (Å²) in [6.45, 7) is 5.04. The van der Waals surface area contributed by atoms with Crippen LogP contribution in [0.3, 0.4) is 0 Å². The third-order valence-electron chi connectivity index (χ3n) is 4.69. The van der Waals surface area contributed by atoms with Crippen molar-refractivity contribution in [3.63, 3.8) is 0 Å². The average Bonchev–Trinajstić information content (AvgIpc) is 3.00. The molecule has 156 valence electrons. The van der Waals surface area contributed by atoms with Crippen LogP contribution in [0.15, 0.2) is 60.2 Å². The molecule has 0 radical (unpaired) electrons. The fourth-order valence-electron chi connectivity index (χ4n) is 3.28. The van der Waals surface area contributed by atoms with Crippen LogP contribution in [0.4, 0.5) is 15.8 Å². The number of carbonyl (C=O) groups is 2. The highest BCUT2D eigenvalue weighted by Crippen LogP contribution is 2.25. The van der Waals surface area contributed by atoms with E-state index in [4.69, 9.17) is 0 Å². The van der Waals surface area contributed by atoms with E-state index >= 15 is 0 Å². The standard InChI is InChI=1S/C24H21FN4O2/c1-15-12-18(16(2)29(15)23-7-5-4-6-22(23)25)13-19(14-26)24(31)28-21-10-8-20(9-11-21)27-17(3)30/h4-13H,1-3H3,(H,27,30)(H,28,31)/b19-13+. The fourth-order valence-corrected chi connectivity index (χ4v) is 3.28. The van der Waals surface area contributed by atoms with Crippen LogP contribution in [0.1, 0.15) is 23.9 Å². The van der Waals surface area contributed by atoms with Crippen molar-refractivity contribution in [2.24, 2.45) is 0 Å². The summed E-state index contributed by atoms with van der Waals surface area (Å²) < 4.78 is 16.0. The number of benzene rings is 2. The summed E-state index contributed by atoms with van der Waals surface area (Å²) in [4.78, 5) is 23.7. The summed E-state index contributed by atoms with van der Waals surface area (Å²) >= 11 is 0. The molecule has 0 fully saturated rings. The number of nitrogens with zero attached hydrogens (tertiary/aromatic N) is 2. The third-order valence-corrected chi connectivity index (χ3v) is 4.69. The van der Waals surface area contributed by atoms with E-state index in [0.717, 1.165) is 5.69 Å². The van der Waals surface area contributed by atoms with Gasteiger partial charge in [-0.2, -0.15) is 5.26 Å². The average molecular weight is 416 g/mol. The number of hydrogen-bond acceptors (Lipinski definition) is 3. The quantitative estimate of drug-likeness (QED) is 0.465. The van der Waals surface area contributed by atoms with Crippen LogP contribution in [0.25, 0.3) is 11.8 Å². The minimum absolute atomic E-state index is 0.0836. The first kappa shape index (κ1) is 21.5. The number of rotatable bonds is 5. The van der Waals surface area contributed by atoms with Gasteiger partial charge in [-0.3, -0.25) is 9.59 Å². The fraction of sp³-hybridized carbons (Fsp3) is 0.125. The monoisotopic (exact) mass is 416 g/mol. The lowest BCUT2D eigenvalue weighted by atomic mass is 10.1. The SMILES string of the molecule is CC(=O)Nc1ccc(NC(=O)/C(C#N)=C/c2cc(C)n(-c3ccccc3F)c2C)cc1. The zero-order chi connectivity index (χ0) is 22.5. The van der Waals surface area contributed by atoms with Crippen LogP contribution >= 0.6 is 0 Å². The summed E-state index contributed by atoms with van der Waals surface area (Å²) in [6, 6.07) is 16.7. The van der Waals surface area contributed by atoms with Gasteiger partial charge in [-0.05, 0) is 68.0 Å². The van der Waals surface area contributed by atoms with Crippen LogP contribution < -0.4 is 10.6 Å². The Morgan fingerprint density at radius 3 is 2.23 bits per heavy atom. The van der Waals surface area contributed by atoms with Crippen molar-refractivity contribution in [3.05, 3.63) is 82.9 Å². The van der Waals surface area contributed by atoms with E-state index in [1.165, 1.54) is 19.1 Å². The Balaban J connectivity index is 1.86. The van der Waals surface area contributed by atoms with Gasteiger partial charge in [0.15, 0.2) is 0 Å². The maximum absolute atomic E-state index is 14.3. The molecule has 3 aromatic rings. The van der Waals surface area contributed by atoms with Crippen molar-refractivity contribution in [1.82, 2.24) is 4.57 Å². The second-order valence-corrected chi connectivity index (χ2v) is 7.00. The molecule has 31 heavy (non-hydrogen) atoms. The van der Waals surface area contributed by atoms with E-state index in [9.17, 15) is 19.2 Å². The number of nitrogens with one attached hydrogen (secondary N) is 2. The van der Waals surface area contributed by atoms with Gasteiger partial charge >= 0.3 is 0 Å². The van der Waals surface area contributed by atoms with Crippen molar-refractivity contribution in [2.45, 2.75) is 20.8 Å². The molecular formula is C24H21FN4O2. The number of amides is 2. The number of carbonyl (C=O) groups excluding carboxylic acids is 2. The smallest absolute Gasteiger partial charge is 0.266 e. The number of para-hydroxylation sites is 1. The maximum Gasteiger partial charge on any atom is 0.266 e. The van der Waals surface area contributed by atoms with Gasteiger partial charge in [-0.1, -0.05) is 12.1 Å². The molecule has 1 aromatic heterocycles. The summed E-state index contributed by atoms with van der Waals surface area (Å²) in [5.74, 6) is -1.12. The molecule has 2 N–H and O–H groups in total. The van der Waals surface area contributed by atoms with E-state index in [1.54, 1.807) is 60.0 Å². The van der Waals surface area contributed by atoms with Gasteiger partial charge in [0, 0.05) is 29.7 Å². The molecule has 2 amide bonds. The Morgan fingerprint density at radius 1 is 1.03 bits per heavy atom. The Labute approximate surface area is 179 Å². The van der Waals surface area contributed by atoms with Gasteiger partial charge in [-0.15, -0.1) is 0 Å². The third kappa shape index (κ3) is 4.87. The summed E-state index contributed by atoms with van der Waals surface area (Å²) in [5, 5.41) is 14.8. The van der Waals surface area contributed by atoms with Crippen LogP contribution in [-0.2, 0) is 9.59 Å². The van der Waals surface area contributed by atoms with Gasteiger partial charge in [0.2, 0.25) is 5.91 Å². The van der Waals surface area contributed by atoms with Crippen molar-refractivity contribution >= 4 is 29.3 Å². The molecule has 1 heterocycles. The van der Waals surface area contributed by atoms with E-state index in [0.29, 0.717) is 28.3 Å². The first-order valence-corrected chi connectivity index (χ1v) is 9.55. The highest BCUT2D eigenvalue weighted by molar-refractivity contribution is 6.09. The molecule has 7 heteroatoms. The predicted octanol–water partition coefficient (Wildman–Crippen LogP) is 4.74. The molecule has 0 bridgehead atoms. The molecule has 2 aromatic carbocycles. The number of halogens is 1. The normalized spacial score (nSPS) is 11.0. The van der Waals surface area contributed by atoms with Crippen molar-refractivity contribution in [1.29, 1.82) is 5.26 Å². The summed E-state index contributed by atoms with van der Waals surface area (Å²) in [6.07, 6.45) is 1.49. The van der Waals surface area contributed by atoms with Crippen molar-refractivity contribution < 1.29 is 14.0 Å². The second kappa shape index (κ2) is 9.09. The molecule has 0 atom stereocenters. The second-order valence-electron chi connectivity index (χ2n) is 7.00. The number of aryl methyl sites for hydroxylation is 1. The summed E-state index contributed by atoms with van der Waals surface area (Å²) in [7, 11) is 0. The van der Waals surface area contributed by atoms with Gasteiger partial charge in [0.05, 0.1) is 5.69 Å². The van der Waals surface area contributed by atoms with Gasteiger partial charge in [0.25, 0.3) is 5.91 Å². The van der Waals surface area contributed by atoms with Crippen molar-refractivity contribution in [3.8, 4) is 11.8 Å².